The van der Waals surface area contributed by atoms with Gasteiger partial charge in [-0.1, -0.05) is 0 Å². The Morgan fingerprint density at radius 2 is 1.79 bits per heavy atom. The van der Waals surface area contributed by atoms with Gasteiger partial charge in [0.1, 0.15) is 17.8 Å². The lowest BCUT2D eigenvalue weighted by Crippen LogP contribution is -2.44. The highest BCUT2D eigenvalue weighted by atomic mass is 15.2. The van der Waals surface area contributed by atoms with E-state index in [1.165, 1.54) is 5.69 Å². The van der Waals surface area contributed by atoms with Crippen molar-refractivity contribution in [1.82, 2.24) is 19.9 Å². The summed E-state index contributed by atoms with van der Waals surface area (Å²) < 4.78 is 0. The van der Waals surface area contributed by atoms with Crippen molar-refractivity contribution in [1.29, 1.82) is 0 Å². The van der Waals surface area contributed by atoms with Crippen LogP contribution in [0.3, 0.4) is 0 Å². The van der Waals surface area contributed by atoms with Crippen LogP contribution in [0.5, 0.6) is 0 Å². The molecule has 1 aliphatic heterocycles. The quantitative estimate of drug-likeness (QED) is 0.776. The Bertz CT molecular complexity index is 830. The number of nitrogens with one attached hydrogen (secondary N) is 2. The summed E-state index contributed by atoms with van der Waals surface area (Å²) >= 11 is 0. The second kappa shape index (κ2) is 6.13. The van der Waals surface area contributed by atoms with E-state index in [1.807, 2.05) is 6.92 Å². The molecule has 6 heteroatoms. The lowest BCUT2D eigenvalue weighted by molar-refractivity contribution is 0.313. The van der Waals surface area contributed by atoms with Gasteiger partial charge in [0, 0.05) is 43.2 Å². The molecule has 0 atom stereocenters. The fourth-order valence-corrected chi connectivity index (χ4v) is 3.13. The summed E-state index contributed by atoms with van der Waals surface area (Å²) in [7, 11) is 2.18. The number of aryl methyl sites for hydroxylation is 1. The van der Waals surface area contributed by atoms with E-state index in [0.29, 0.717) is 0 Å². The van der Waals surface area contributed by atoms with Crippen molar-refractivity contribution >= 4 is 28.2 Å². The van der Waals surface area contributed by atoms with Crippen LogP contribution >= 0.6 is 0 Å². The van der Waals surface area contributed by atoms with Crippen molar-refractivity contribution in [3.8, 4) is 0 Å². The van der Waals surface area contributed by atoms with Gasteiger partial charge in [-0.25, -0.2) is 9.97 Å². The number of piperazine rings is 1. The van der Waals surface area contributed by atoms with E-state index in [2.05, 4.69) is 67.4 Å². The zero-order valence-corrected chi connectivity index (χ0v) is 14.1. The Kier molecular flexibility index (Phi) is 3.82. The zero-order chi connectivity index (χ0) is 16.5. The average Bonchev–Trinajstić information content (AvgIpc) is 2.98. The third-order valence-corrected chi connectivity index (χ3v) is 4.56. The predicted molar refractivity (Wildman–Crippen MR) is 98.1 cm³/mol. The second-order valence-corrected chi connectivity index (χ2v) is 6.40. The van der Waals surface area contributed by atoms with Gasteiger partial charge in [0.2, 0.25) is 0 Å². The van der Waals surface area contributed by atoms with E-state index >= 15 is 0 Å². The number of rotatable bonds is 3. The fourth-order valence-electron chi connectivity index (χ4n) is 3.13. The molecule has 2 N–H and O–H groups in total. The van der Waals surface area contributed by atoms with Crippen LogP contribution in [0.4, 0.5) is 17.2 Å². The molecule has 2 aromatic heterocycles. The first kappa shape index (κ1) is 15.0. The summed E-state index contributed by atoms with van der Waals surface area (Å²) in [5, 5.41) is 4.41. The molecule has 0 unspecified atom stereocenters. The van der Waals surface area contributed by atoms with Crippen LogP contribution in [0.15, 0.2) is 36.7 Å². The maximum Gasteiger partial charge on any atom is 0.143 e. The monoisotopic (exact) mass is 322 g/mol. The Balaban J connectivity index is 1.52. The van der Waals surface area contributed by atoms with Crippen LogP contribution in [0, 0.1) is 6.92 Å². The topological polar surface area (TPSA) is 60.1 Å². The van der Waals surface area contributed by atoms with Crippen molar-refractivity contribution in [3.05, 3.63) is 42.4 Å². The first-order valence-corrected chi connectivity index (χ1v) is 8.30. The number of anilines is 3. The highest BCUT2D eigenvalue weighted by Crippen LogP contribution is 2.25. The van der Waals surface area contributed by atoms with E-state index in [1.54, 1.807) is 6.33 Å². The number of likely N-dealkylation sites (N-methyl/N-ethyl adjacent to an activating group) is 1. The van der Waals surface area contributed by atoms with Gasteiger partial charge in [-0.05, 0) is 44.3 Å². The van der Waals surface area contributed by atoms with E-state index < -0.39 is 0 Å². The maximum absolute atomic E-state index is 4.38. The second-order valence-electron chi connectivity index (χ2n) is 6.40. The first-order valence-electron chi connectivity index (χ1n) is 8.30. The minimum absolute atomic E-state index is 0.830. The SMILES string of the molecule is Cc1cc2c(Nc3ccc(N4CCN(C)CC4)cc3)ncnc2[nH]1. The molecule has 1 aromatic carbocycles. The van der Waals surface area contributed by atoms with Gasteiger partial charge in [-0.15, -0.1) is 0 Å². The average molecular weight is 322 g/mol. The van der Waals surface area contributed by atoms with Crippen LogP contribution in [0.1, 0.15) is 5.69 Å². The Labute approximate surface area is 141 Å². The number of aromatic nitrogens is 3. The summed E-state index contributed by atoms with van der Waals surface area (Å²) in [6.45, 7) is 6.42. The molecule has 3 aromatic rings. The van der Waals surface area contributed by atoms with Crippen LogP contribution in [0.2, 0.25) is 0 Å². The van der Waals surface area contributed by atoms with Gasteiger partial charge in [-0.3, -0.25) is 0 Å². The minimum Gasteiger partial charge on any atom is -0.369 e. The number of aromatic amines is 1. The number of hydrogen-bond donors (Lipinski definition) is 2. The highest BCUT2D eigenvalue weighted by molar-refractivity contribution is 5.89. The Morgan fingerprint density at radius 1 is 1.04 bits per heavy atom. The molecule has 0 spiro atoms. The summed E-state index contributed by atoms with van der Waals surface area (Å²) in [5.41, 5.74) is 4.25. The minimum atomic E-state index is 0.830. The molecule has 1 saturated heterocycles. The molecule has 1 aliphatic rings. The van der Waals surface area contributed by atoms with Gasteiger partial charge < -0.3 is 20.1 Å². The Morgan fingerprint density at radius 3 is 2.54 bits per heavy atom. The molecule has 1 fully saturated rings. The third-order valence-electron chi connectivity index (χ3n) is 4.56. The molecule has 4 rings (SSSR count). The van der Waals surface area contributed by atoms with Gasteiger partial charge in [-0.2, -0.15) is 0 Å². The van der Waals surface area contributed by atoms with Crippen molar-refractivity contribution in [2.24, 2.45) is 0 Å². The largest absolute Gasteiger partial charge is 0.369 e. The smallest absolute Gasteiger partial charge is 0.143 e. The van der Waals surface area contributed by atoms with Crippen molar-refractivity contribution in [2.75, 3.05) is 43.4 Å². The van der Waals surface area contributed by atoms with Crippen LogP contribution in [-0.2, 0) is 0 Å². The van der Waals surface area contributed by atoms with E-state index in [9.17, 15) is 0 Å². The normalized spacial score (nSPS) is 15.8. The number of nitrogens with zero attached hydrogens (tertiary/aromatic N) is 4. The first-order chi connectivity index (χ1) is 11.7. The van der Waals surface area contributed by atoms with Gasteiger partial charge in [0.25, 0.3) is 0 Å². The zero-order valence-electron chi connectivity index (χ0n) is 14.1. The molecule has 3 heterocycles. The summed E-state index contributed by atoms with van der Waals surface area (Å²) in [4.78, 5) is 16.7. The van der Waals surface area contributed by atoms with E-state index in [0.717, 1.165) is 54.4 Å². The molecule has 124 valence electrons. The molecule has 0 radical (unpaired) electrons. The molecular formula is C18H22N6. The Hall–Kier alpha value is -2.60. The van der Waals surface area contributed by atoms with Crippen LogP contribution < -0.4 is 10.2 Å². The van der Waals surface area contributed by atoms with Gasteiger partial charge in [0.05, 0.1) is 5.39 Å². The number of H-pyrrole nitrogens is 1. The van der Waals surface area contributed by atoms with Crippen molar-refractivity contribution in [2.45, 2.75) is 6.92 Å². The van der Waals surface area contributed by atoms with Crippen molar-refractivity contribution in [3.63, 3.8) is 0 Å². The number of fused-ring (bicyclic) bond motifs is 1. The predicted octanol–water partition coefficient (Wildman–Crippen LogP) is 2.76. The third kappa shape index (κ3) is 2.92. The summed E-state index contributed by atoms with van der Waals surface area (Å²) in [6.07, 6.45) is 1.58. The lowest BCUT2D eigenvalue weighted by Gasteiger charge is -2.34. The number of hydrogen-bond acceptors (Lipinski definition) is 5. The molecular weight excluding hydrogens is 300 g/mol. The highest BCUT2D eigenvalue weighted by Gasteiger charge is 2.14. The molecule has 6 nitrogen and oxygen atoms in total. The molecule has 0 bridgehead atoms. The van der Waals surface area contributed by atoms with Crippen LogP contribution in [-0.4, -0.2) is 53.1 Å². The van der Waals surface area contributed by atoms with Gasteiger partial charge >= 0.3 is 0 Å². The summed E-state index contributed by atoms with van der Waals surface area (Å²) in [5.74, 6) is 0.830. The molecule has 0 aliphatic carbocycles. The van der Waals surface area contributed by atoms with Gasteiger partial charge in [0.15, 0.2) is 0 Å². The molecule has 0 amide bonds. The summed E-state index contributed by atoms with van der Waals surface area (Å²) in [6, 6.07) is 10.6. The standard InChI is InChI=1S/C18H22N6/c1-13-11-16-17(21-13)19-12-20-18(16)22-14-3-5-15(6-4-14)24-9-7-23(2)8-10-24/h3-6,11-12H,7-10H2,1-2H3,(H2,19,20,21,22). The number of benzene rings is 1. The lowest BCUT2D eigenvalue weighted by atomic mass is 10.2. The van der Waals surface area contributed by atoms with E-state index in [4.69, 9.17) is 0 Å². The van der Waals surface area contributed by atoms with Crippen molar-refractivity contribution < 1.29 is 0 Å². The molecule has 24 heavy (non-hydrogen) atoms. The van der Waals surface area contributed by atoms with Crippen LogP contribution in [0.25, 0.3) is 11.0 Å². The van der Waals surface area contributed by atoms with E-state index in [-0.39, 0.29) is 0 Å². The fraction of sp³-hybridized carbons (Fsp3) is 0.333. The molecule has 0 saturated carbocycles. The maximum atomic E-state index is 4.38.